The molecular formula is C39H32AuClOP2. The van der Waals surface area contributed by atoms with Gasteiger partial charge in [-0.2, -0.15) is 0 Å². The van der Waals surface area contributed by atoms with Gasteiger partial charge >= 0.3 is 29.2 Å². The standard InChI is InChI=1S/C39H32OP2.Au.ClH/c1-39(2)33-25-15-27-35(41(29-17-7-3-8-18-29)30-19-9-4-10-20-30)37(33)40-38-34(39)26-16-28-36(38)42(31-21-11-5-12-22-31)32-23-13-6-14-24-32;;/h3-28H,1-2H3;;1H/q;+1;/p-1. The van der Waals surface area contributed by atoms with E-state index in [1.54, 1.807) is 20.0 Å². The van der Waals surface area contributed by atoms with Gasteiger partial charge in [-0.05, 0) is 37.1 Å². The Morgan fingerprint density at radius 2 is 0.727 bits per heavy atom. The molecule has 1 aliphatic rings. The summed E-state index contributed by atoms with van der Waals surface area (Å²) >= 11 is 1.75. The summed E-state index contributed by atoms with van der Waals surface area (Å²) in [6, 6.07) is 57.2. The van der Waals surface area contributed by atoms with Gasteiger partial charge in [0.25, 0.3) is 0 Å². The SMILES string of the molecule is CC1(C)c2cccc(P(c3ccccc3)c3ccccc3)c2Oc2c(P(c3ccccc3)c3ccccc3)cccc21.[Cl][Au]. The summed E-state index contributed by atoms with van der Waals surface area (Å²) in [6.45, 7) is 4.70. The van der Waals surface area contributed by atoms with Crippen molar-refractivity contribution in [1.82, 2.24) is 0 Å². The Morgan fingerprint density at radius 1 is 0.432 bits per heavy atom. The molecule has 1 nitrogen and oxygen atoms in total. The number of hydrogen-bond donors (Lipinski definition) is 0. The summed E-state index contributed by atoms with van der Waals surface area (Å²) in [5, 5.41) is 7.81. The van der Waals surface area contributed by atoms with Crippen molar-refractivity contribution in [1.29, 1.82) is 0 Å². The van der Waals surface area contributed by atoms with Crippen molar-refractivity contribution in [3.05, 3.63) is 169 Å². The van der Waals surface area contributed by atoms with E-state index in [1.165, 1.54) is 43.0 Å². The molecule has 0 N–H and O–H groups in total. The molecule has 0 bridgehead atoms. The Balaban J connectivity index is 0.00000168. The van der Waals surface area contributed by atoms with Crippen LogP contribution in [0.25, 0.3) is 0 Å². The van der Waals surface area contributed by atoms with Gasteiger partial charge in [0.2, 0.25) is 0 Å². The molecule has 0 spiro atoms. The average molecular weight is 811 g/mol. The molecule has 44 heavy (non-hydrogen) atoms. The van der Waals surface area contributed by atoms with Crippen LogP contribution in [0.4, 0.5) is 0 Å². The van der Waals surface area contributed by atoms with Gasteiger partial charge < -0.3 is 4.74 Å². The van der Waals surface area contributed by atoms with E-state index >= 15 is 0 Å². The molecule has 0 saturated carbocycles. The first-order valence-corrected chi connectivity index (χ1v) is 19.9. The Bertz CT molecular complexity index is 1620. The predicted octanol–water partition coefficient (Wildman–Crippen LogP) is 8.32. The predicted molar refractivity (Wildman–Crippen MR) is 188 cm³/mol. The minimum atomic E-state index is -0.824. The van der Waals surface area contributed by atoms with Crippen molar-refractivity contribution in [3.8, 4) is 11.5 Å². The van der Waals surface area contributed by atoms with Crippen LogP contribution in [0.15, 0.2) is 158 Å². The Kier molecular flexibility index (Phi) is 9.85. The first kappa shape index (κ1) is 31.0. The third kappa shape index (κ3) is 5.99. The van der Waals surface area contributed by atoms with E-state index in [-0.39, 0.29) is 5.41 Å². The summed E-state index contributed by atoms with van der Waals surface area (Å²) in [5.41, 5.74) is 2.26. The van der Waals surface area contributed by atoms with Crippen LogP contribution in [-0.4, -0.2) is 0 Å². The monoisotopic (exact) mass is 810 g/mol. The fourth-order valence-corrected chi connectivity index (χ4v) is 10.8. The van der Waals surface area contributed by atoms with Gasteiger partial charge in [0.05, 0.1) is 0 Å². The van der Waals surface area contributed by atoms with Crippen LogP contribution >= 0.6 is 25.0 Å². The third-order valence-electron chi connectivity index (χ3n) is 8.08. The van der Waals surface area contributed by atoms with Gasteiger partial charge in [-0.1, -0.05) is 172 Å². The third-order valence-corrected chi connectivity index (χ3v) is 13.0. The molecule has 0 fully saturated rings. The zero-order valence-corrected chi connectivity index (χ0v) is 29.2. The van der Waals surface area contributed by atoms with Crippen LogP contribution in [0.2, 0.25) is 0 Å². The zero-order valence-electron chi connectivity index (χ0n) is 24.5. The molecule has 0 radical (unpaired) electrons. The topological polar surface area (TPSA) is 9.23 Å². The Labute approximate surface area is 279 Å². The summed E-state index contributed by atoms with van der Waals surface area (Å²) in [7, 11) is 2.94. The van der Waals surface area contributed by atoms with Crippen LogP contribution in [-0.2, 0) is 25.4 Å². The number of para-hydroxylation sites is 2. The van der Waals surface area contributed by atoms with E-state index in [1.807, 2.05) is 0 Å². The first-order chi connectivity index (χ1) is 21.6. The fourth-order valence-electron chi connectivity index (χ4n) is 6.01. The molecule has 5 heteroatoms. The molecule has 0 saturated heterocycles. The normalized spacial score (nSPS) is 12.9. The molecule has 0 amide bonds. The average Bonchev–Trinajstić information content (AvgIpc) is 3.09. The second-order valence-electron chi connectivity index (χ2n) is 11.0. The molecular weight excluding hydrogens is 779 g/mol. The molecule has 6 aromatic carbocycles. The molecule has 0 aliphatic carbocycles. The van der Waals surface area contributed by atoms with Gasteiger partial charge in [0, 0.05) is 27.2 Å². The number of benzene rings is 6. The van der Waals surface area contributed by atoms with Crippen LogP contribution < -0.4 is 36.6 Å². The maximum atomic E-state index is 7.26. The van der Waals surface area contributed by atoms with Crippen molar-refractivity contribution >= 4 is 56.9 Å². The summed E-state index contributed by atoms with van der Waals surface area (Å²) < 4.78 is 7.26. The summed E-state index contributed by atoms with van der Waals surface area (Å²) in [5.74, 6) is 2.02. The van der Waals surface area contributed by atoms with Crippen LogP contribution in [0.5, 0.6) is 11.5 Å². The van der Waals surface area contributed by atoms with Crippen LogP contribution in [0, 0.1) is 0 Å². The van der Waals surface area contributed by atoms with E-state index in [0.717, 1.165) is 11.5 Å². The van der Waals surface area contributed by atoms with Gasteiger partial charge in [-0.3, -0.25) is 0 Å². The van der Waals surface area contributed by atoms with Crippen LogP contribution in [0.3, 0.4) is 0 Å². The van der Waals surface area contributed by atoms with Crippen molar-refractivity contribution < 1.29 is 24.7 Å². The quantitative estimate of drug-likeness (QED) is 0.122. The molecule has 0 aromatic heterocycles. The maximum absolute atomic E-state index is 7.26. The number of ether oxygens (including phenoxy) is 1. The molecule has 1 aliphatic heterocycles. The summed E-state index contributed by atoms with van der Waals surface area (Å²) in [6.07, 6.45) is 0. The van der Waals surface area contributed by atoms with Gasteiger partial charge in [-0.25, -0.2) is 0 Å². The molecule has 0 unspecified atom stereocenters. The van der Waals surface area contributed by atoms with Gasteiger partial charge in [-0.15, -0.1) is 0 Å². The molecule has 7 rings (SSSR count). The second-order valence-corrected chi connectivity index (χ2v) is 15.4. The Morgan fingerprint density at radius 3 is 1.02 bits per heavy atom. The van der Waals surface area contributed by atoms with E-state index in [0.29, 0.717) is 0 Å². The van der Waals surface area contributed by atoms with Crippen molar-refractivity contribution in [3.63, 3.8) is 0 Å². The van der Waals surface area contributed by atoms with Crippen molar-refractivity contribution in [2.45, 2.75) is 19.3 Å². The fraction of sp³-hybridized carbons (Fsp3) is 0.0769. The zero-order chi connectivity index (χ0) is 30.5. The summed E-state index contributed by atoms with van der Waals surface area (Å²) in [4.78, 5) is 0. The number of hydrogen-bond acceptors (Lipinski definition) is 1. The van der Waals surface area contributed by atoms with Crippen LogP contribution in [0.1, 0.15) is 25.0 Å². The van der Waals surface area contributed by atoms with Gasteiger partial charge in [0.15, 0.2) is 0 Å². The molecule has 0 atom stereocenters. The molecule has 1 heterocycles. The van der Waals surface area contributed by atoms with E-state index in [9.17, 15) is 0 Å². The number of fused-ring (bicyclic) bond motifs is 2. The van der Waals surface area contributed by atoms with E-state index in [2.05, 4.69) is 181 Å². The minimum absolute atomic E-state index is 0.225. The molecule has 6 aromatic rings. The first-order valence-electron chi connectivity index (χ1n) is 14.5. The van der Waals surface area contributed by atoms with E-state index < -0.39 is 15.8 Å². The van der Waals surface area contributed by atoms with Crippen molar-refractivity contribution in [2.75, 3.05) is 0 Å². The number of rotatable bonds is 6. The molecule has 222 valence electrons. The van der Waals surface area contributed by atoms with Crippen molar-refractivity contribution in [2.24, 2.45) is 0 Å². The van der Waals surface area contributed by atoms with Gasteiger partial charge in [0.1, 0.15) is 11.5 Å². The Hall–Kier alpha value is -2.99. The van der Waals surface area contributed by atoms with E-state index in [4.69, 9.17) is 4.74 Å². The number of halogens is 1. The second kappa shape index (κ2) is 14.0.